The molecule has 0 aliphatic heterocycles. The molecule has 0 aliphatic carbocycles. The van der Waals surface area contributed by atoms with E-state index in [4.69, 9.17) is 5.26 Å². The minimum atomic E-state index is 0.202. The van der Waals surface area contributed by atoms with Crippen LogP contribution in [0.1, 0.15) is 5.69 Å². The summed E-state index contributed by atoms with van der Waals surface area (Å²) in [6.45, 7) is 0. The first kappa shape index (κ1) is 9.81. The predicted molar refractivity (Wildman–Crippen MR) is 63.2 cm³/mol. The Bertz CT molecular complexity index is 714. The molecule has 0 unspecified atom stereocenters. The van der Waals surface area contributed by atoms with Crippen molar-refractivity contribution < 1.29 is 0 Å². The minimum Gasteiger partial charge on any atom is -0.250 e. The third kappa shape index (κ3) is 1.53. The van der Waals surface area contributed by atoms with Gasteiger partial charge in [-0.1, -0.05) is 6.07 Å². The fourth-order valence-electron chi connectivity index (χ4n) is 1.53. The van der Waals surface area contributed by atoms with Gasteiger partial charge in [0, 0.05) is 12.4 Å². The Morgan fingerprint density at radius 1 is 1.12 bits per heavy atom. The molecule has 6 heteroatoms. The van der Waals surface area contributed by atoms with Gasteiger partial charge in [-0.15, -0.1) is 21.5 Å². The van der Waals surface area contributed by atoms with Gasteiger partial charge < -0.3 is 0 Å². The van der Waals surface area contributed by atoms with Crippen LogP contribution in [0.4, 0.5) is 0 Å². The summed E-state index contributed by atoms with van der Waals surface area (Å²) in [6.07, 6.45) is 3.13. The van der Waals surface area contributed by atoms with Gasteiger partial charge in [0.25, 0.3) is 0 Å². The summed E-state index contributed by atoms with van der Waals surface area (Å²) < 4.78 is 0. The number of nitriles is 1. The Morgan fingerprint density at radius 3 is 2.65 bits per heavy atom. The van der Waals surface area contributed by atoms with Crippen molar-refractivity contribution in [3.05, 3.63) is 35.6 Å². The zero-order valence-electron chi connectivity index (χ0n) is 8.53. The third-order valence-corrected chi connectivity index (χ3v) is 3.13. The third-order valence-electron chi connectivity index (χ3n) is 2.26. The van der Waals surface area contributed by atoms with Crippen molar-refractivity contribution in [1.29, 1.82) is 5.26 Å². The monoisotopic (exact) mass is 239 g/mol. The molecule has 3 aromatic heterocycles. The molecule has 5 nitrogen and oxygen atoms in total. The fraction of sp³-hybridized carbons (Fsp3) is 0. The lowest BCUT2D eigenvalue weighted by Gasteiger charge is -2.01. The van der Waals surface area contributed by atoms with Crippen LogP contribution in [0.25, 0.3) is 21.6 Å². The summed E-state index contributed by atoms with van der Waals surface area (Å²) in [4.78, 5) is 9.34. The molecule has 3 rings (SSSR count). The molecule has 3 heterocycles. The van der Waals surface area contributed by atoms with Gasteiger partial charge in [0.15, 0.2) is 5.69 Å². The summed E-state index contributed by atoms with van der Waals surface area (Å²) >= 11 is 1.55. The SMILES string of the molecule is N#Cc1nnc(-c2cccs2)c2nccnc12. The van der Waals surface area contributed by atoms with Crippen molar-refractivity contribution in [3.63, 3.8) is 0 Å². The highest BCUT2D eigenvalue weighted by Gasteiger charge is 2.13. The zero-order valence-corrected chi connectivity index (χ0v) is 9.35. The van der Waals surface area contributed by atoms with Crippen molar-refractivity contribution in [1.82, 2.24) is 20.2 Å². The molecule has 0 radical (unpaired) electrons. The number of hydrogen-bond donors (Lipinski definition) is 0. The molecule has 0 saturated heterocycles. The summed E-state index contributed by atoms with van der Waals surface area (Å²) in [5.74, 6) is 0. The lowest BCUT2D eigenvalue weighted by molar-refractivity contribution is 1.02. The molecule has 0 bridgehead atoms. The maximum atomic E-state index is 8.94. The van der Waals surface area contributed by atoms with Crippen molar-refractivity contribution in [2.24, 2.45) is 0 Å². The molecule has 0 atom stereocenters. The summed E-state index contributed by atoms with van der Waals surface area (Å²) in [5, 5.41) is 18.8. The average Bonchev–Trinajstić information content (AvgIpc) is 2.91. The Morgan fingerprint density at radius 2 is 1.94 bits per heavy atom. The lowest BCUT2D eigenvalue weighted by atomic mass is 10.2. The van der Waals surface area contributed by atoms with Gasteiger partial charge in [0.1, 0.15) is 22.8 Å². The number of aromatic nitrogens is 4. The number of rotatable bonds is 1. The molecule has 0 saturated carbocycles. The maximum absolute atomic E-state index is 8.94. The number of nitrogens with zero attached hydrogens (tertiary/aromatic N) is 5. The minimum absolute atomic E-state index is 0.202. The van der Waals surface area contributed by atoms with Crippen LogP contribution in [0.3, 0.4) is 0 Å². The molecule has 17 heavy (non-hydrogen) atoms. The van der Waals surface area contributed by atoms with Crippen LogP contribution in [0.2, 0.25) is 0 Å². The van der Waals surface area contributed by atoms with E-state index in [9.17, 15) is 0 Å². The molecule has 0 aliphatic rings. The van der Waals surface area contributed by atoms with E-state index in [0.29, 0.717) is 16.7 Å². The lowest BCUT2D eigenvalue weighted by Crippen LogP contribution is -1.97. The Labute approximate surface area is 100 Å². The first-order chi connectivity index (χ1) is 8.40. The van der Waals surface area contributed by atoms with E-state index in [1.165, 1.54) is 0 Å². The highest BCUT2D eigenvalue weighted by molar-refractivity contribution is 7.13. The molecule has 0 N–H and O–H groups in total. The number of thiophene rings is 1. The Kier molecular flexibility index (Phi) is 2.24. The van der Waals surface area contributed by atoms with Crippen molar-refractivity contribution in [3.8, 4) is 16.6 Å². The van der Waals surface area contributed by atoms with E-state index in [1.54, 1.807) is 23.7 Å². The van der Waals surface area contributed by atoms with Gasteiger partial charge in [-0.05, 0) is 11.4 Å². The molecule has 3 aromatic rings. The number of fused-ring (bicyclic) bond motifs is 1. The second-order valence-corrected chi connectivity index (χ2v) is 4.19. The van der Waals surface area contributed by atoms with Crippen LogP contribution in [0.15, 0.2) is 29.9 Å². The van der Waals surface area contributed by atoms with Gasteiger partial charge in [0.05, 0.1) is 4.88 Å². The smallest absolute Gasteiger partial charge is 0.190 e. The second-order valence-electron chi connectivity index (χ2n) is 3.24. The predicted octanol–water partition coefficient (Wildman–Crippen LogP) is 2.02. The van der Waals surface area contributed by atoms with Gasteiger partial charge >= 0.3 is 0 Å². The molecule has 0 fully saturated rings. The van der Waals surface area contributed by atoms with E-state index in [-0.39, 0.29) is 5.69 Å². The van der Waals surface area contributed by atoms with Crippen LogP contribution in [0, 0.1) is 11.3 Å². The Balaban J connectivity index is 2.40. The Hall–Kier alpha value is -2.39. The van der Waals surface area contributed by atoms with Crippen molar-refractivity contribution in [2.45, 2.75) is 0 Å². The first-order valence-electron chi connectivity index (χ1n) is 4.81. The normalized spacial score (nSPS) is 10.3. The van der Waals surface area contributed by atoms with E-state index in [2.05, 4.69) is 20.2 Å². The summed E-state index contributed by atoms with van der Waals surface area (Å²) in [5.41, 5.74) is 1.98. The molecular weight excluding hydrogens is 234 g/mol. The van der Waals surface area contributed by atoms with Crippen LogP contribution in [-0.4, -0.2) is 20.2 Å². The largest absolute Gasteiger partial charge is 0.250 e. The topological polar surface area (TPSA) is 75.3 Å². The van der Waals surface area contributed by atoms with Gasteiger partial charge in [-0.3, -0.25) is 4.98 Å². The second kappa shape index (κ2) is 3.88. The van der Waals surface area contributed by atoms with Gasteiger partial charge in [-0.25, -0.2) is 4.98 Å². The quantitative estimate of drug-likeness (QED) is 0.649. The van der Waals surface area contributed by atoms with E-state index in [0.717, 1.165) is 4.88 Å². The average molecular weight is 239 g/mol. The molecule has 0 spiro atoms. The number of hydrogen-bond acceptors (Lipinski definition) is 6. The van der Waals surface area contributed by atoms with Gasteiger partial charge in [-0.2, -0.15) is 5.26 Å². The zero-order chi connectivity index (χ0) is 11.7. The fourth-order valence-corrected chi connectivity index (χ4v) is 2.24. The standard InChI is InChI=1S/C11H5N5S/c12-6-7-9-11(14-4-3-13-9)10(16-15-7)8-2-1-5-17-8/h1-5H. The first-order valence-corrected chi connectivity index (χ1v) is 5.69. The maximum Gasteiger partial charge on any atom is 0.190 e. The highest BCUT2D eigenvalue weighted by Crippen LogP contribution is 2.27. The van der Waals surface area contributed by atoms with E-state index < -0.39 is 0 Å². The van der Waals surface area contributed by atoms with Crippen molar-refractivity contribution in [2.75, 3.05) is 0 Å². The molecular formula is C11H5N5S. The molecule has 0 amide bonds. The summed E-state index contributed by atoms with van der Waals surface area (Å²) in [7, 11) is 0. The van der Waals surface area contributed by atoms with Gasteiger partial charge in [0.2, 0.25) is 0 Å². The van der Waals surface area contributed by atoms with Crippen LogP contribution >= 0.6 is 11.3 Å². The van der Waals surface area contributed by atoms with E-state index in [1.807, 2.05) is 23.6 Å². The van der Waals surface area contributed by atoms with Crippen LogP contribution in [-0.2, 0) is 0 Å². The van der Waals surface area contributed by atoms with Crippen LogP contribution in [0.5, 0.6) is 0 Å². The molecule has 80 valence electrons. The summed E-state index contributed by atoms with van der Waals surface area (Å²) in [6, 6.07) is 5.84. The highest BCUT2D eigenvalue weighted by atomic mass is 32.1. The van der Waals surface area contributed by atoms with Crippen molar-refractivity contribution >= 4 is 22.4 Å². The molecule has 0 aromatic carbocycles. The van der Waals surface area contributed by atoms with E-state index >= 15 is 0 Å². The van der Waals surface area contributed by atoms with Crippen LogP contribution < -0.4 is 0 Å².